The van der Waals surface area contributed by atoms with Crippen LogP contribution in [-0.2, 0) is 16.1 Å². The summed E-state index contributed by atoms with van der Waals surface area (Å²) >= 11 is 1.69. The minimum Gasteiger partial charge on any atom is -0.394 e. The number of morpholine rings is 1. The first-order valence-corrected chi connectivity index (χ1v) is 14.1. The van der Waals surface area contributed by atoms with Crippen molar-refractivity contribution in [2.24, 2.45) is 5.73 Å². The third-order valence-electron chi connectivity index (χ3n) is 7.56. The Morgan fingerprint density at radius 2 is 1.92 bits per heavy atom. The molecule has 0 atom stereocenters. The lowest BCUT2D eigenvalue weighted by molar-refractivity contribution is -0.129. The van der Waals surface area contributed by atoms with Gasteiger partial charge < -0.3 is 20.7 Å². The van der Waals surface area contributed by atoms with E-state index in [1.807, 2.05) is 26.0 Å². The number of nitrogens with zero attached hydrogens (tertiary/aromatic N) is 5. The van der Waals surface area contributed by atoms with E-state index >= 15 is 4.39 Å². The Labute approximate surface area is 232 Å². The second kappa shape index (κ2) is 11.5. The molecule has 2 aromatic heterocycles. The van der Waals surface area contributed by atoms with Gasteiger partial charge in [0.2, 0.25) is 5.91 Å². The molecule has 1 amide bonds. The Morgan fingerprint density at radius 3 is 2.62 bits per heavy atom. The summed E-state index contributed by atoms with van der Waals surface area (Å²) in [5.41, 5.74) is 6.89. The number of ether oxygens (including phenoxy) is 1. The highest BCUT2D eigenvalue weighted by molar-refractivity contribution is 7.19. The summed E-state index contributed by atoms with van der Waals surface area (Å²) in [6.45, 7) is 10.5. The molecule has 208 valence electrons. The molecule has 0 bridgehead atoms. The minimum atomic E-state index is -0.656. The quantitative estimate of drug-likeness (QED) is 0.439. The number of primary amides is 1. The summed E-state index contributed by atoms with van der Waals surface area (Å²) in [5.74, 6) is 0.552. The van der Waals surface area contributed by atoms with Crippen molar-refractivity contribution in [3.05, 3.63) is 46.7 Å². The molecular weight excluding hydrogens is 517 g/mol. The number of nitrogens with one attached hydrogen (secondary N) is 1. The van der Waals surface area contributed by atoms with Crippen LogP contribution in [-0.4, -0.2) is 90.7 Å². The average molecular weight is 554 g/mol. The van der Waals surface area contributed by atoms with Crippen LogP contribution in [0.15, 0.2) is 30.5 Å². The maximum Gasteiger partial charge on any atom is 0.237 e. The monoisotopic (exact) mass is 553 g/mol. The van der Waals surface area contributed by atoms with Gasteiger partial charge in [-0.25, -0.2) is 14.4 Å². The van der Waals surface area contributed by atoms with E-state index in [0.717, 1.165) is 61.8 Å². The molecule has 0 spiro atoms. The fourth-order valence-corrected chi connectivity index (χ4v) is 6.23. The number of benzene rings is 1. The Morgan fingerprint density at radius 1 is 1.18 bits per heavy atom. The summed E-state index contributed by atoms with van der Waals surface area (Å²) < 4.78 is 21.8. The molecule has 0 aliphatic carbocycles. The van der Waals surface area contributed by atoms with Crippen molar-refractivity contribution in [2.45, 2.75) is 25.9 Å². The number of hydrogen-bond acceptors (Lipinski definition) is 9. The van der Waals surface area contributed by atoms with Crippen LogP contribution < -0.4 is 16.0 Å². The predicted octanol–water partition coefficient (Wildman–Crippen LogP) is 2.91. The van der Waals surface area contributed by atoms with Gasteiger partial charge in [0, 0.05) is 57.7 Å². The molecule has 0 radical (unpaired) electrons. The van der Waals surface area contributed by atoms with Gasteiger partial charge in [-0.05, 0) is 43.8 Å². The van der Waals surface area contributed by atoms with E-state index in [4.69, 9.17) is 20.4 Å². The first-order valence-electron chi connectivity index (χ1n) is 13.3. The molecule has 2 fully saturated rings. The lowest BCUT2D eigenvalue weighted by Crippen LogP contribution is -2.59. The average Bonchev–Trinajstić information content (AvgIpc) is 3.34. The first-order chi connectivity index (χ1) is 18.8. The minimum absolute atomic E-state index is 0.301. The second-order valence-electron chi connectivity index (χ2n) is 10.4. The zero-order chi connectivity index (χ0) is 27.6. The van der Waals surface area contributed by atoms with Crippen LogP contribution in [0.4, 0.5) is 10.2 Å². The molecular formula is C28H36FN7O2S. The van der Waals surface area contributed by atoms with Gasteiger partial charge >= 0.3 is 0 Å². The smallest absolute Gasteiger partial charge is 0.237 e. The van der Waals surface area contributed by atoms with E-state index in [1.165, 1.54) is 10.9 Å². The summed E-state index contributed by atoms with van der Waals surface area (Å²) in [7, 11) is 1.81. The summed E-state index contributed by atoms with van der Waals surface area (Å²) in [6, 6.07) is 7.13. The van der Waals surface area contributed by atoms with Gasteiger partial charge in [-0.1, -0.05) is 12.1 Å². The first kappa shape index (κ1) is 27.4. The fraction of sp³-hybridized carbons (Fsp3) is 0.464. The molecule has 39 heavy (non-hydrogen) atoms. The van der Waals surface area contributed by atoms with E-state index in [9.17, 15) is 4.79 Å². The van der Waals surface area contributed by atoms with E-state index in [-0.39, 0.29) is 11.7 Å². The maximum atomic E-state index is 15.2. The topological polar surface area (TPSA) is 99.9 Å². The fourth-order valence-electron chi connectivity index (χ4n) is 5.07. The molecule has 2 aliphatic heterocycles. The number of piperazine rings is 1. The van der Waals surface area contributed by atoms with Crippen LogP contribution in [0.2, 0.25) is 0 Å². The van der Waals surface area contributed by atoms with Crippen molar-refractivity contribution in [1.82, 2.24) is 25.1 Å². The summed E-state index contributed by atoms with van der Waals surface area (Å²) in [4.78, 5) is 29.7. The molecule has 9 nitrogen and oxygen atoms in total. The number of anilines is 1. The molecule has 2 aliphatic rings. The lowest BCUT2D eigenvalue weighted by atomic mass is 10.0. The predicted molar refractivity (Wildman–Crippen MR) is 154 cm³/mol. The molecule has 0 unspecified atom stereocenters. The van der Waals surface area contributed by atoms with Crippen molar-refractivity contribution in [1.29, 1.82) is 0 Å². The van der Waals surface area contributed by atoms with Gasteiger partial charge in [0.1, 0.15) is 5.82 Å². The van der Waals surface area contributed by atoms with Crippen molar-refractivity contribution in [3.8, 4) is 11.4 Å². The maximum absolute atomic E-state index is 15.2. The highest BCUT2D eigenvalue weighted by atomic mass is 32.1. The number of carbonyl (C=O) groups excluding carboxylic acids is 1. The van der Waals surface area contributed by atoms with Gasteiger partial charge in [-0.15, -0.1) is 11.3 Å². The van der Waals surface area contributed by atoms with Crippen LogP contribution in [0, 0.1) is 5.82 Å². The Balaban J connectivity index is 1.47. The third-order valence-corrected chi connectivity index (χ3v) is 8.66. The molecule has 2 saturated heterocycles. The van der Waals surface area contributed by atoms with E-state index in [0.29, 0.717) is 30.2 Å². The highest BCUT2D eigenvalue weighted by Gasteiger charge is 2.34. The molecule has 11 heteroatoms. The SMILES string of the molecule is CN/C=C\c1cccc(F)c1-c1nc(N2CCOCC2)c2sc(CN3CCN(C(C)(C)C(N)=O)CC3)cc2n1. The number of amides is 1. The number of carbonyl (C=O) groups is 1. The van der Waals surface area contributed by atoms with Gasteiger partial charge in [0.05, 0.1) is 34.5 Å². The number of nitrogens with two attached hydrogens (primary N) is 1. The van der Waals surface area contributed by atoms with E-state index in [2.05, 4.69) is 26.1 Å². The van der Waals surface area contributed by atoms with Crippen molar-refractivity contribution >= 4 is 39.4 Å². The Bertz CT molecular complexity index is 1360. The van der Waals surface area contributed by atoms with Crippen molar-refractivity contribution < 1.29 is 13.9 Å². The zero-order valence-electron chi connectivity index (χ0n) is 22.7. The normalized spacial score (nSPS) is 17.8. The second-order valence-corrected chi connectivity index (χ2v) is 11.5. The highest BCUT2D eigenvalue weighted by Crippen LogP contribution is 2.36. The molecule has 5 rings (SSSR count). The number of aromatic nitrogens is 2. The molecule has 1 aromatic carbocycles. The molecule has 3 N–H and O–H groups in total. The lowest BCUT2D eigenvalue weighted by Gasteiger charge is -2.42. The number of rotatable bonds is 8. The van der Waals surface area contributed by atoms with Gasteiger partial charge in [0.25, 0.3) is 0 Å². The van der Waals surface area contributed by atoms with Crippen molar-refractivity contribution in [2.75, 3.05) is 64.4 Å². The molecule has 4 heterocycles. The van der Waals surface area contributed by atoms with Crippen LogP contribution in [0.5, 0.6) is 0 Å². The zero-order valence-corrected chi connectivity index (χ0v) is 23.6. The summed E-state index contributed by atoms with van der Waals surface area (Å²) in [6.07, 6.45) is 3.60. The molecule has 0 saturated carbocycles. The van der Waals surface area contributed by atoms with Crippen LogP contribution in [0.1, 0.15) is 24.3 Å². The molecule has 3 aromatic rings. The standard InChI is InChI=1S/C28H36FN7O2S/c1-28(2,27(30)37)36-11-9-34(10-12-36)18-20-17-22-24(39-20)26(35-13-15-38-16-14-35)33-25(32-22)23-19(7-8-31-3)5-4-6-21(23)29/h4-8,17,31H,9-16,18H2,1-3H3,(H2,30,37)/b8-7-. The van der Waals surface area contributed by atoms with Gasteiger partial charge in [0.15, 0.2) is 11.6 Å². The van der Waals surface area contributed by atoms with Gasteiger partial charge in [-0.2, -0.15) is 0 Å². The largest absolute Gasteiger partial charge is 0.394 e. The van der Waals surface area contributed by atoms with E-state index < -0.39 is 5.54 Å². The Hall–Kier alpha value is -3.12. The Kier molecular flexibility index (Phi) is 8.13. The van der Waals surface area contributed by atoms with Crippen molar-refractivity contribution in [3.63, 3.8) is 0 Å². The van der Waals surface area contributed by atoms with Gasteiger partial charge in [-0.3, -0.25) is 14.6 Å². The number of hydrogen-bond donors (Lipinski definition) is 2. The summed E-state index contributed by atoms with van der Waals surface area (Å²) in [5, 5.41) is 2.97. The van der Waals surface area contributed by atoms with Crippen LogP contribution in [0.25, 0.3) is 27.7 Å². The third kappa shape index (κ3) is 5.76. The van der Waals surface area contributed by atoms with Crippen LogP contribution >= 0.6 is 11.3 Å². The number of thiophene rings is 1. The number of halogens is 1. The number of fused-ring (bicyclic) bond motifs is 1. The van der Waals surface area contributed by atoms with E-state index in [1.54, 1.807) is 30.7 Å². The van der Waals surface area contributed by atoms with Crippen LogP contribution in [0.3, 0.4) is 0 Å².